The molecule has 0 radical (unpaired) electrons. The van der Waals surface area contributed by atoms with Gasteiger partial charge in [0, 0.05) is 4.47 Å². The molecule has 21 heavy (non-hydrogen) atoms. The summed E-state index contributed by atoms with van der Waals surface area (Å²) in [5, 5.41) is 0.0937. The average Bonchev–Trinajstić information content (AvgIpc) is 2.46. The fourth-order valence-corrected chi connectivity index (χ4v) is 4.09. The Morgan fingerprint density at radius 3 is 2.43 bits per heavy atom. The van der Waals surface area contributed by atoms with Gasteiger partial charge in [-0.3, -0.25) is 0 Å². The number of esters is 1. The lowest BCUT2D eigenvalue weighted by Gasteiger charge is -2.11. The van der Waals surface area contributed by atoms with Crippen LogP contribution in [0.25, 0.3) is 0 Å². The molecule has 0 aliphatic heterocycles. The molecular weight excluding hydrogens is 380 g/mol. The molecule has 0 atom stereocenters. The first-order chi connectivity index (χ1) is 9.87. The van der Waals surface area contributed by atoms with Crippen LogP contribution in [0.1, 0.15) is 10.4 Å². The van der Waals surface area contributed by atoms with Gasteiger partial charge in [-0.2, -0.15) is 0 Å². The number of carbonyl (C=O) groups is 1. The van der Waals surface area contributed by atoms with E-state index < -0.39 is 15.8 Å². The molecule has 0 amide bonds. The van der Waals surface area contributed by atoms with Crippen LogP contribution in [0.15, 0.2) is 56.7 Å². The molecular formula is C14H10BrClO4S. The Hall–Kier alpha value is -1.37. The second-order valence-corrected chi connectivity index (χ2v) is 7.28. The van der Waals surface area contributed by atoms with E-state index in [0.717, 1.165) is 0 Å². The first-order valence-electron chi connectivity index (χ1n) is 5.75. The van der Waals surface area contributed by atoms with E-state index in [1.807, 2.05) is 0 Å². The lowest BCUT2D eigenvalue weighted by molar-refractivity contribution is 0.0596. The first-order valence-corrected chi connectivity index (χ1v) is 8.41. The molecule has 2 aromatic carbocycles. The van der Waals surface area contributed by atoms with Crippen LogP contribution < -0.4 is 0 Å². The van der Waals surface area contributed by atoms with Crippen LogP contribution in [0.3, 0.4) is 0 Å². The van der Waals surface area contributed by atoms with Crippen molar-refractivity contribution in [2.45, 2.75) is 9.79 Å². The number of hydrogen-bond donors (Lipinski definition) is 0. The molecule has 0 saturated carbocycles. The Bertz CT molecular complexity index is 802. The Morgan fingerprint density at radius 2 is 1.81 bits per heavy atom. The van der Waals surface area contributed by atoms with Crippen LogP contribution in [-0.4, -0.2) is 21.5 Å². The molecule has 0 bridgehead atoms. The second-order valence-electron chi connectivity index (χ2n) is 4.07. The van der Waals surface area contributed by atoms with Crippen molar-refractivity contribution in [3.8, 4) is 0 Å². The maximum atomic E-state index is 12.7. The number of benzene rings is 2. The van der Waals surface area contributed by atoms with Gasteiger partial charge in [-0.25, -0.2) is 13.2 Å². The molecule has 0 N–H and O–H groups in total. The zero-order valence-corrected chi connectivity index (χ0v) is 14.0. The van der Waals surface area contributed by atoms with E-state index in [1.165, 1.54) is 37.4 Å². The molecule has 0 fully saturated rings. The van der Waals surface area contributed by atoms with E-state index in [4.69, 9.17) is 11.6 Å². The molecule has 7 heteroatoms. The monoisotopic (exact) mass is 388 g/mol. The van der Waals surface area contributed by atoms with Gasteiger partial charge in [-0.15, -0.1) is 0 Å². The number of ether oxygens (including phenoxy) is 1. The smallest absolute Gasteiger partial charge is 0.339 e. The number of sulfone groups is 1. The summed E-state index contributed by atoms with van der Waals surface area (Å²) in [6, 6.07) is 10.3. The first kappa shape index (κ1) is 16.0. The number of hydrogen-bond acceptors (Lipinski definition) is 4. The molecule has 4 nitrogen and oxygen atoms in total. The summed E-state index contributed by atoms with van der Waals surface area (Å²) in [6.45, 7) is 0. The molecule has 0 unspecified atom stereocenters. The Balaban J connectivity index is 2.72. The zero-order chi connectivity index (χ0) is 15.6. The van der Waals surface area contributed by atoms with Crippen LogP contribution in [0, 0.1) is 0 Å². The van der Waals surface area contributed by atoms with Crippen LogP contribution >= 0.6 is 27.5 Å². The molecule has 2 rings (SSSR count). The average molecular weight is 390 g/mol. The highest BCUT2D eigenvalue weighted by Crippen LogP contribution is 2.31. The molecule has 0 saturated heterocycles. The minimum Gasteiger partial charge on any atom is -0.465 e. The SMILES string of the molecule is COC(=O)c1cc(Br)ccc1S(=O)(=O)c1ccccc1Cl. The third-order valence-electron chi connectivity index (χ3n) is 2.76. The van der Waals surface area contributed by atoms with Crippen molar-refractivity contribution in [3.05, 3.63) is 57.5 Å². The third-order valence-corrected chi connectivity index (χ3v) is 5.57. The van der Waals surface area contributed by atoms with E-state index >= 15 is 0 Å². The van der Waals surface area contributed by atoms with Crippen molar-refractivity contribution < 1.29 is 17.9 Å². The number of rotatable bonds is 3. The van der Waals surface area contributed by atoms with E-state index in [2.05, 4.69) is 20.7 Å². The summed E-state index contributed by atoms with van der Waals surface area (Å²) >= 11 is 9.15. The molecule has 0 aromatic heterocycles. The molecule has 2 aromatic rings. The van der Waals surface area contributed by atoms with Crippen molar-refractivity contribution in [1.82, 2.24) is 0 Å². The minimum atomic E-state index is -3.93. The number of carbonyl (C=O) groups excluding carboxylic acids is 1. The van der Waals surface area contributed by atoms with Gasteiger partial charge >= 0.3 is 5.97 Å². The fourth-order valence-electron chi connectivity index (χ4n) is 1.79. The Kier molecular flexibility index (Phi) is 4.70. The molecule has 0 heterocycles. The highest BCUT2D eigenvalue weighted by Gasteiger charge is 2.26. The second kappa shape index (κ2) is 6.17. The lowest BCUT2D eigenvalue weighted by atomic mass is 10.2. The van der Waals surface area contributed by atoms with Crippen molar-refractivity contribution in [2.75, 3.05) is 7.11 Å². The summed E-state index contributed by atoms with van der Waals surface area (Å²) in [7, 11) is -2.74. The molecule has 0 aliphatic rings. The number of halogens is 2. The van der Waals surface area contributed by atoms with Gasteiger partial charge in [-0.05, 0) is 30.3 Å². The van der Waals surface area contributed by atoms with Crippen LogP contribution in [0.2, 0.25) is 5.02 Å². The van der Waals surface area contributed by atoms with Crippen molar-refractivity contribution >= 4 is 43.3 Å². The van der Waals surface area contributed by atoms with Crippen molar-refractivity contribution in [1.29, 1.82) is 0 Å². The van der Waals surface area contributed by atoms with Gasteiger partial charge in [0.2, 0.25) is 9.84 Å². The third kappa shape index (κ3) is 3.12. The topological polar surface area (TPSA) is 60.4 Å². The standard InChI is InChI=1S/C14H10BrClO4S/c1-20-14(17)10-8-9(15)6-7-12(10)21(18,19)13-5-3-2-4-11(13)16/h2-8H,1H3. The predicted octanol–water partition coefficient (Wildman–Crippen LogP) is 3.72. The largest absolute Gasteiger partial charge is 0.465 e. The maximum Gasteiger partial charge on any atom is 0.339 e. The molecule has 0 spiro atoms. The normalized spacial score (nSPS) is 11.2. The Morgan fingerprint density at radius 1 is 1.14 bits per heavy atom. The van der Waals surface area contributed by atoms with Crippen molar-refractivity contribution in [2.24, 2.45) is 0 Å². The lowest BCUT2D eigenvalue weighted by Crippen LogP contribution is -2.11. The summed E-state index contributed by atoms with van der Waals surface area (Å²) in [6.07, 6.45) is 0. The van der Waals surface area contributed by atoms with Gasteiger partial charge in [0.15, 0.2) is 0 Å². The molecule has 0 aliphatic carbocycles. The predicted molar refractivity (Wildman–Crippen MR) is 82.4 cm³/mol. The summed E-state index contributed by atoms with van der Waals surface area (Å²) in [4.78, 5) is 11.6. The summed E-state index contributed by atoms with van der Waals surface area (Å²) in [5.74, 6) is -0.734. The fraction of sp³-hybridized carbons (Fsp3) is 0.0714. The van der Waals surface area contributed by atoms with Gasteiger partial charge in [0.25, 0.3) is 0 Å². The van der Waals surface area contributed by atoms with Gasteiger partial charge in [0.1, 0.15) is 0 Å². The highest BCUT2D eigenvalue weighted by atomic mass is 79.9. The van der Waals surface area contributed by atoms with Gasteiger partial charge in [-0.1, -0.05) is 39.7 Å². The Labute approximate surface area is 135 Å². The van der Waals surface area contributed by atoms with Gasteiger partial charge < -0.3 is 4.74 Å². The van der Waals surface area contributed by atoms with Crippen molar-refractivity contribution in [3.63, 3.8) is 0 Å². The summed E-state index contributed by atoms with van der Waals surface area (Å²) < 4.78 is 30.6. The maximum absolute atomic E-state index is 12.7. The van der Waals surface area contributed by atoms with E-state index in [0.29, 0.717) is 4.47 Å². The highest BCUT2D eigenvalue weighted by molar-refractivity contribution is 9.10. The van der Waals surface area contributed by atoms with Crippen LogP contribution in [-0.2, 0) is 14.6 Å². The van der Waals surface area contributed by atoms with E-state index in [9.17, 15) is 13.2 Å². The van der Waals surface area contributed by atoms with Crippen LogP contribution in [0.5, 0.6) is 0 Å². The van der Waals surface area contributed by atoms with Gasteiger partial charge in [0.05, 0.1) is 27.5 Å². The van der Waals surface area contributed by atoms with Crippen LogP contribution in [0.4, 0.5) is 0 Å². The van der Waals surface area contributed by atoms with E-state index in [1.54, 1.807) is 12.1 Å². The number of methoxy groups -OCH3 is 1. The minimum absolute atomic E-state index is 0.0493. The molecule has 110 valence electrons. The van der Waals surface area contributed by atoms with E-state index in [-0.39, 0.29) is 20.4 Å². The quantitative estimate of drug-likeness (QED) is 0.751. The summed E-state index contributed by atoms with van der Waals surface area (Å²) in [5.41, 5.74) is -0.0493. The zero-order valence-electron chi connectivity index (χ0n) is 10.8.